The zero-order valence-corrected chi connectivity index (χ0v) is 8.37. The molecule has 0 spiro atoms. The maximum absolute atomic E-state index is 12.4. The van der Waals surface area contributed by atoms with Crippen molar-refractivity contribution in [3.63, 3.8) is 0 Å². The van der Waals surface area contributed by atoms with E-state index in [0.717, 1.165) is 6.07 Å². The minimum Gasteiger partial charge on any atom is -0.481 e. The summed E-state index contributed by atoms with van der Waals surface area (Å²) in [5.41, 5.74) is -0.212. The molecule has 0 radical (unpaired) electrons. The molecule has 0 fully saturated rings. The first kappa shape index (κ1) is 12.0. The fraction of sp³-hybridized carbons (Fsp3) is 0.300. The molecule has 4 nitrogen and oxygen atoms in total. The molecule has 84 valence electrons. The van der Waals surface area contributed by atoms with E-state index in [0.29, 0.717) is 5.56 Å². The number of nitriles is 1. The van der Waals surface area contributed by atoms with Gasteiger partial charge in [0, 0.05) is 0 Å². The van der Waals surface area contributed by atoms with Crippen LogP contribution in [0, 0.1) is 18.3 Å². The molecule has 0 atom stereocenters. The van der Waals surface area contributed by atoms with Gasteiger partial charge < -0.3 is 5.11 Å². The molecular weight excluding hydrogens is 218 g/mol. The van der Waals surface area contributed by atoms with Crippen LogP contribution in [0.25, 0.3) is 0 Å². The SMILES string of the molecule is Cc1c(C#N)cc(C(F)F)nc1CC(=O)O. The number of pyridine rings is 1. The van der Waals surface area contributed by atoms with Crippen molar-refractivity contribution in [2.75, 3.05) is 0 Å². The molecule has 1 aromatic heterocycles. The molecule has 0 unspecified atom stereocenters. The Labute approximate surface area is 90.2 Å². The van der Waals surface area contributed by atoms with Crippen LogP contribution in [0.15, 0.2) is 6.07 Å². The van der Waals surface area contributed by atoms with Gasteiger partial charge in [-0.2, -0.15) is 5.26 Å². The molecule has 0 amide bonds. The number of rotatable bonds is 3. The summed E-state index contributed by atoms with van der Waals surface area (Å²) in [6.07, 6.45) is -3.29. The van der Waals surface area contributed by atoms with Gasteiger partial charge in [0.15, 0.2) is 0 Å². The van der Waals surface area contributed by atoms with E-state index in [-0.39, 0.29) is 11.3 Å². The van der Waals surface area contributed by atoms with E-state index in [4.69, 9.17) is 10.4 Å². The number of nitrogens with zero attached hydrogens (tertiary/aromatic N) is 2. The Kier molecular flexibility index (Phi) is 3.51. The second-order valence-corrected chi connectivity index (χ2v) is 3.15. The van der Waals surface area contributed by atoms with Crippen LogP contribution in [-0.2, 0) is 11.2 Å². The summed E-state index contributed by atoms with van der Waals surface area (Å²) in [5, 5.41) is 17.3. The largest absolute Gasteiger partial charge is 0.481 e. The van der Waals surface area contributed by atoms with Crippen molar-refractivity contribution < 1.29 is 18.7 Å². The summed E-state index contributed by atoms with van der Waals surface area (Å²) in [4.78, 5) is 14.0. The molecule has 0 aromatic carbocycles. The topological polar surface area (TPSA) is 74.0 Å². The van der Waals surface area contributed by atoms with Crippen molar-refractivity contribution in [2.45, 2.75) is 19.8 Å². The average Bonchev–Trinajstić information content (AvgIpc) is 2.20. The van der Waals surface area contributed by atoms with Crippen molar-refractivity contribution >= 4 is 5.97 Å². The number of alkyl halides is 2. The van der Waals surface area contributed by atoms with E-state index in [9.17, 15) is 13.6 Å². The molecule has 0 saturated carbocycles. The zero-order chi connectivity index (χ0) is 12.3. The number of carboxylic acids is 1. The maximum Gasteiger partial charge on any atom is 0.309 e. The minimum atomic E-state index is -2.82. The van der Waals surface area contributed by atoms with E-state index in [1.54, 1.807) is 6.07 Å². The fourth-order valence-electron chi connectivity index (χ4n) is 1.23. The first-order valence-corrected chi connectivity index (χ1v) is 4.36. The van der Waals surface area contributed by atoms with Gasteiger partial charge >= 0.3 is 5.97 Å². The van der Waals surface area contributed by atoms with Crippen LogP contribution in [0.1, 0.15) is 28.9 Å². The molecule has 0 aliphatic carbocycles. The zero-order valence-electron chi connectivity index (χ0n) is 8.37. The van der Waals surface area contributed by atoms with Gasteiger partial charge in [0.1, 0.15) is 5.69 Å². The van der Waals surface area contributed by atoms with Gasteiger partial charge in [-0.1, -0.05) is 0 Å². The molecule has 1 N–H and O–H groups in total. The summed E-state index contributed by atoms with van der Waals surface area (Å²) in [5.74, 6) is -1.18. The second-order valence-electron chi connectivity index (χ2n) is 3.15. The molecule has 1 rings (SSSR count). The van der Waals surface area contributed by atoms with Crippen molar-refractivity contribution in [1.82, 2.24) is 4.98 Å². The molecule has 0 aliphatic heterocycles. The average molecular weight is 226 g/mol. The smallest absolute Gasteiger partial charge is 0.309 e. The number of carbonyl (C=O) groups is 1. The predicted octanol–water partition coefficient (Wildman–Crippen LogP) is 1.83. The van der Waals surface area contributed by atoms with E-state index >= 15 is 0 Å². The second kappa shape index (κ2) is 4.66. The van der Waals surface area contributed by atoms with E-state index in [1.807, 2.05) is 0 Å². The van der Waals surface area contributed by atoms with Gasteiger partial charge in [-0.3, -0.25) is 9.78 Å². The molecule has 0 aliphatic rings. The monoisotopic (exact) mass is 226 g/mol. The molecule has 0 saturated heterocycles. The molecule has 1 aromatic rings. The Morgan fingerprint density at radius 3 is 2.75 bits per heavy atom. The number of hydrogen-bond acceptors (Lipinski definition) is 3. The number of aromatic nitrogens is 1. The van der Waals surface area contributed by atoms with Crippen LogP contribution in [0.4, 0.5) is 8.78 Å². The third-order valence-corrected chi connectivity index (χ3v) is 2.06. The summed E-state index contributed by atoms with van der Waals surface area (Å²) >= 11 is 0. The van der Waals surface area contributed by atoms with E-state index in [2.05, 4.69) is 4.98 Å². The lowest BCUT2D eigenvalue weighted by molar-refractivity contribution is -0.136. The quantitative estimate of drug-likeness (QED) is 0.853. The summed E-state index contributed by atoms with van der Waals surface area (Å²) in [6, 6.07) is 2.72. The lowest BCUT2D eigenvalue weighted by atomic mass is 10.1. The number of halogens is 2. The van der Waals surface area contributed by atoms with Crippen molar-refractivity contribution in [1.29, 1.82) is 5.26 Å². The van der Waals surface area contributed by atoms with Crippen LogP contribution in [0.2, 0.25) is 0 Å². The molecular formula is C10H8F2N2O2. The van der Waals surface area contributed by atoms with Gasteiger partial charge in [-0.05, 0) is 18.6 Å². The number of aliphatic carboxylic acids is 1. The third-order valence-electron chi connectivity index (χ3n) is 2.06. The van der Waals surface area contributed by atoms with Gasteiger partial charge in [-0.15, -0.1) is 0 Å². The highest BCUT2D eigenvalue weighted by Gasteiger charge is 2.16. The van der Waals surface area contributed by atoms with Crippen LogP contribution in [-0.4, -0.2) is 16.1 Å². The highest BCUT2D eigenvalue weighted by molar-refractivity contribution is 5.70. The summed E-state index contributed by atoms with van der Waals surface area (Å²) in [7, 11) is 0. The van der Waals surface area contributed by atoms with Gasteiger partial charge in [0.2, 0.25) is 0 Å². The van der Waals surface area contributed by atoms with Crippen molar-refractivity contribution in [3.8, 4) is 6.07 Å². The summed E-state index contributed by atoms with van der Waals surface area (Å²) in [6.45, 7) is 1.49. The first-order chi connectivity index (χ1) is 7.45. The number of hydrogen-bond donors (Lipinski definition) is 1. The molecule has 16 heavy (non-hydrogen) atoms. The minimum absolute atomic E-state index is 0.00171. The predicted molar refractivity (Wildman–Crippen MR) is 50.0 cm³/mol. The van der Waals surface area contributed by atoms with Gasteiger partial charge in [-0.25, -0.2) is 8.78 Å². The van der Waals surface area contributed by atoms with Crippen molar-refractivity contribution in [2.24, 2.45) is 0 Å². The Morgan fingerprint density at radius 2 is 2.31 bits per heavy atom. The number of carboxylic acid groups (broad SMARTS) is 1. The van der Waals surface area contributed by atoms with Crippen LogP contribution >= 0.6 is 0 Å². The van der Waals surface area contributed by atoms with Crippen LogP contribution < -0.4 is 0 Å². The maximum atomic E-state index is 12.4. The lowest BCUT2D eigenvalue weighted by Crippen LogP contribution is -2.08. The summed E-state index contributed by atoms with van der Waals surface area (Å²) < 4.78 is 24.8. The highest BCUT2D eigenvalue weighted by Crippen LogP contribution is 2.21. The lowest BCUT2D eigenvalue weighted by Gasteiger charge is -2.07. The van der Waals surface area contributed by atoms with Crippen LogP contribution in [0.5, 0.6) is 0 Å². The Balaban J connectivity index is 3.31. The Hall–Kier alpha value is -2.03. The molecule has 0 bridgehead atoms. The fourth-order valence-corrected chi connectivity index (χ4v) is 1.23. The standard InChI is InChI=1S/C10H8F2N2O2/c1-5-6(4-13)2-8(10(11)12)14-7(5)3-9(15)16/h2,10H,3H2,1H3,(H,15,16). The van der Waals surface area contributed by atoms with Gasteiger partial charge in [0.05, 0.1) is 23.7 Å². The first-order valence-electron chi connectivity index (χ1n) is 4.36. The normalized spacial score (nSPS) is 10.2. The third kappa shape index (κ3) is 2.51. The van der Waals surface area contributed by atoms with Gasteiger partial charge in [0.25, 0.3) is 6.43 Å². The van der Waals surface area contributed by atoms with E-state index < -0.39 is 24.5 Å². The molecule has 6 heteroatoms. The Morgan fingerprint density at radius 1 is 1.69 bits per heavy atom. The highest BCUT2D eigenvalue weighted by atomic mass is 19.3. The van der Waals surface area contributed by atoms with Crippen LogP contribution in [0.3, 0.4) is 0 Å². The van der Waals surface area contributed by atoms with E-state index in [1.165, 1.54) is 6.92 Å². The Bertz CT molecular complexity index is 467. The van der Waals surface area contributed by atoms with Crippen molar-refractivity contribution in [3.05, 3.63) is 28.6 Å². The molecule has 1 heterocycles.